The van der Waals surface area contributed by atoms with Crippen molar-refractivity contribution in [3.8, 4) is 0 Å². The van der Waals surface area contributed by atoms with E-state index in [1.54, 1.807) is 41.8 Å². The lowest BCUT2D eigenvalue weighted by molar-refractivity contribution is 0.0568. The average molecular weight is 257 g/mol. The highest BCUT2D eigenvalue weighted by atomic mass is 32.1. The molecule has 0 radical (unpaired) electrons. The van der Waals surface area contributed by atoms with Gasteiger partial charge in [0.1, 0.15) is 0 Å². The Morgan fingerprint density at radius 3 is 2.06 bits per heavy atom. The van der Waals surface area contributed by atoms with Crippen LogP contribution in [0.15, 0.2) is 41.8 Å². The molecule has 2 heterocycles. The van der Waals surface area contributed by atoms with Crippen molar-refractivity contribution in [2.75, 3.05) is 0 Å². The van der Waals surface area contributed by atoms with E-state index in [4.69, 9.17) is 0 Å². The number of thiophene rings is 1. The van der Waals surface area contributed by atoms with Gasteiger partial charge in [0.2, 0.25) is 0 Å². The van der Waals surface area contributed by atoms with Gasteiger partial charge in [-0.05, 0) is 23.6 Å². The summed E-state index contributed by atoms with van der Waals surface area (Å²) in [6.07, 6.45) is 0. The van der Waals surface area contributed by atoms with Crippen molar-refractivity contribution in [2.24, 2.45) is 0 Å². The molecule has 4 nitrogen and oxygen atoms in total. The number of amides is 3. The summed E-state index contributed by atoms with van der Waals surface area (Å²) in [6.45, 7) is 0. The van der Waals surface area contributed by atoms with Gasteiger partial charge in [-0.2, -0.15) is 0 Å². The van der Waals surface area contributed by atoms with E-state index in [0.29, 0.717) is 9.78 Å². The van der Waals surface area contributed by atoms with Gasteiger partial charge in [-0.3, -0.25) is 14.4 Å². The number of nitrogens with zero attached hydrogens (tertiary/aromatic N) is 1. The molecule has 3 amide bonds. The van der Waals surface area contributed by atoms with Gasteiger partial charge in [0.15, 0.2) is 0 Å². The summed E-state index contributed by atoms with van der Waals surface area (Å²) < 4.78 is 0. The maximum Gasteiger partial charge on any atom is 0.277 e. The van der Waals surface area contributed by atoms with Crippen LogP contribution in [-0.4, -0.2) is 22.6 Å². The highest BCUT2D eigenvalue weighted by Gasteiger charge is 2.40. The first-order chi connectivity index (χ1) is 8.70. The lowest BCUT2D eigenvalue weighted by Gasteiger charge is -2.09. The van der Waals surface area contributed by atoms with E-state index in [1.807, 2.05) is 0 Å². The van der Waals surface area contributed by atoms with Gasteiger partial charge in [-0.25, -0.2) is 4.90 Å². The average Bonchev–Trinajstić information content (AvgIpc) is 2.99. The summed E-state index contributed by atoms with van der Waals surface area (Å²) in [7, 11) is 0. The van der Waals surface area contributed by atoms with Crippen LogP contribution in [0.25, 0.3) is 0 Å². The summed E-state index contributed by atoms with van der Waals surface area (Å²) in [5.41, 5.74) is 0.569. The number of hydrogen-bond acceptors (Lipinski definition) is 4. The fourth-order valence-corrected chi connectivity index (χ4v) is 2.54. The van der Waals surface area contributed by atoms with E-state index in [-0.39, 0.29) is 11.1 Å². The van der Waals surface area contributed by atoms with Gasteiger partial charge < -0.3 is 0 Å². The van der Waals surface area contributed by atoms with Gasteiger partial charge in [-0.15, -0.1) is 11.3 Å². The Balaban J connectivity index is 2.05. The topological polar surface area (TPSA) is 54.5 Å². The van der Waals surface area contributed by atoms with E-state index in [2.05, 4.69) is 0 Å². The number of carbonyl (C=O) groups is 3. The van der Waals surface area contributed by atoms with Gasteiger partial charge in [0.25, 0.3) is 17.7 Å². The minimum atomic E-state index is -0.559. The Bertz CT molecular complexity index is 615. The molecule has 1 aromatic heterocycles. The monoisotopic (exact) mass is 257 g/mol. The number of benzene rings is 1. The van der Waals surface area contributed by atoms with Crippen LogP contribution in [0.1, 0.15) is 30.4 Å². The van der Waals surface area contributed by atoms with Crippen molar-refractivity contribution in [3.05, 3.63) is 57.8 Å². The molecule has 88 valence electrons. The number of rotatable bonds is 1. The molecule has 0 N–H and O–H groups in total. The van der Waals surface area contributed by atoms with Crippen LogP contribution in [0.2, 0.25) is 0 Å². The summed E-state index contributed by atoms with van der Waals surface area (Å²) in [4.78, 5) is 37.2. The second kappa shape index (κ2) is 3.89. The van der Waals surface area contributed by atoms with Crippen LogP contribution in [0.4, 0.5) is 0 Å². The first kappa shape index (κ1) is 10.9. The van der Waals surface area contributed by atoms with E-state index in [0.717, 1.165) is 0 Å². The van der Waals surface area contributed by atoms with Crippen molar-refractivity contribution in [1.82, 2.24) is 4.90 Å². The van der Waals surface area contributed by atoms with Crippen LogP contribution in [0, 0.1) is 0 Å². The Kier molecular flexibility index (Phi) is 2.34. The minimum absolute atomic E-state index is 0.285. The van der Waals surface area contributed by atoms with Crippen LogP contribution in [-0.2, 0) is 0 Å². The maximum absolute atomic E-state index is 12.1. The van der Waals surface area contributed by atoms with Crippen LogP contribution >= 0.6 is 11.3 Å². The normalized spacial score (nSPS) is 13.9. The van der Waals surface area contributed by atoms with Gasteiger partial charge >= 0.3 is 0 Å². The van der Waals surface area contributed by atoms with Gasteiger partial charge in [0.05, 0.1) is 16.0 Å². The Morgan fingerprint density at radius 1 is 0.944 bits per heavy atom. The molecule has 1 aromatic carbocycles. The highest BCUT2D eigenvalue weighted by molar-refractivity contribution is 7.12. The van der Waals surface area contributed by atoms with Crippen molar-refractivity contribution in [2.45, 2.75) is 0 Å². The molecule has 0 aliphatic carbocycles. The molecule has 0 spiro atoms. The van der Waals surface area contributed by atoms with E-state index in [1.165, 1.54) is 11.3 Å². The maximum atomic E-state index is 12.1. The van der Waals surface area contributed by atoms with Crippen molar-refractivity contribution < 1.29 is 14.4 Å². The zero-order chi connectivity index (χ0) is 12.7. The molecule has 18 heavy (non-hydrogen) atoms. The highest BCUT2D eigenvalue weighted by Crippen LogP contribution is 2.25. The molecule has 0 unspecified atom stereocenters. The number of hydrogen-bond donors (Lipinski definition) is 0. The first-order valence-electron chi connectivity index (χ1n) is 5.26. The van der Waals surface area contributed by atoms with Crippen LogP contribution in [0.5, 0.6) is 0 Å². The third kappa shape index (κ3) is 1.41. The third-order valence-electron chi connectivity index (χ3n) is 2.73. The summed E-state index contributed by atoms with van der Waals surface area (Å²) in [5.74, 6) is -1.65. The first-order valence-corrected chi connectivity index (χ1v) is 6.14. The summed E-state index contributed by atoms with van der Waals surface area (Å²) in [6, 6.07) is 9.74. The molecule has 0 saturated carbocycles. The molecule has 0 saturated heterocycles. The Hall–Kier alpha value is -2.27. The third-order valence-corrected chi connectivity index (χ3v) is 3.59. The number of fused-ring (bicyclic) bond motifs is 1. The van der Waals surface area contributed by atoms with Crippen molar-refractivity contribution in [3.63, 3.8) is 0 Å². The smallest absolute Gasteiger partial charge is 0.268 e. The standard InChI is InChI=1S/C13H7NO3S/c15-11-8-4-1-2-5-9(8)12(16)14(11)13(17)10-6-3-7-18-10/h1-7H. The predicted molar refractivity (Wildman–Crippen MR) is 65.6 cm³/mol. The lowest BCUT2D eigenvalue weighted by atomic mass is 10.1. The summed E-state index contributed by atoms with van der Waals surface area (Å²) in [5, 5.41) is 1.73. The second-order valence-electron chi connectivity index (χ2n) is 3.77. The Labute approximate surface area is 106 Å². The SMILES string of the molecule is O=C(c1cccs1)N1C(=O)c2ccccc2C1=O. The zero-order valence-corrected chi connectivity index (χ0v) is 9.94. The number of carbonyl (C=O) groups excluding carboxylic acids is 3. The molecule has 0 atom stereocenters. The van der Waals surface area contributed by atoms with E-state index < -0.39 is 17.7 Å². The van der Waals surface area contributed by atoms with Crippen molar-refractivity contribution in [1.29, 1.82) is 0 Å². The van der Waals surface area contributed by atoms with Gasteiger partial charge in [-0.1, -0.05) is 18.2 Å². The molecule has 0 fully saturated rings. The lowest BCUT2D eigenvalue weighted by Crippen LogP contribution is -2.35. The molecule has 1 aliphatic heterocycles. The number of imide groups is 3. The quantitative estimate of drug-likeness (QED) is 0.736. The largest absolute Gasteiger partial charge is 0.277 e. The minimum Gasteiger partial charge on any atom is -0.268 e. The molecule has 2 aromatic rings. The molecule has 5 heteroatoms. The molecular formula is C13H7NO3S. The molecule has 0 bridgehead atoms. The molecule has 1 aliphatic rings. The van der Waals surface area contributed by atoms with E-state index in [9.17, 15) is 14.4 Å². The fourth-order valence-electron chi connectivity index (χ4n) is 1.88. The fraction of sp³-hybridized carbons (Fsp3) is 0. The zero-order valence-electron chi connectivity index (χ0n) is 9.12. The second-order valence-corrected chi connectivity index (χ2v) is 4.72. The predicted octanol–water partition coefficient (Wildman–Crippen LogP) is 2.18. The van der Waals surface area contributed by atoms with Gasteiger partial charge in [0, 0.05) is 0 Å². The van der Waals surface area contributed by atoms with Crippen LogP contribution < -0.4 is 0 Å². The Morgan fingerprint density at radius 2 is 1.56 bits per heavy atom. The van der Waals surface area contributed by atoms with Crippen molar-refractivity contribution >= 4 is 29.1 Å². The molecule has 3 rings (SSSR count). The summed E-state index contributed by atoms with van der Waals surface area (Å²) >= 11 is 1.21. The molecular weight excluding hydrogens is 250 g/mol. The van der Waals surface area contributed by atoms with E-state index >= 15 is 0 Å². The van der Waals surface area contributed by atoms with Crippen LogP contribution in [0.3, 0.4) is 0 Å².